The van der Waals surface area contributed by atoms with E-state index >= 15 is 0 Å². The number of hydrogen-bond acceptors (Lipinski definition) is 3. The van der Waals surface area contributed by atoms with Crippen LogP contribution in [0.1, 0.15) is 32.6 Å². The lowest BCUT2D eigenvalue weighted by atomic mass is 9.95. The molecule has 0 radical (unpaired) electrons. The van der Waals surface area contributed by atoms with Crippen LogP contribution in [0.4, 0.5) is 5.69 Å². The van der Waals surface area contributed by atoms with Crippen LogP contribution in [0.25, 0.3) is 0 Å². The Kier molecular flexibility index (Phi) is 5.20. The Morgan fingerprint density at radius 3 is 2.52 bits per heavy atom. The lowest BCUT2D eigenvalue weighted by molar-refractivity contribution is -0.145. The van der Waals surface area contributed by atoms with Crippen molar-refractivity contribution < 1.29 is 19.4 Å². The molecule has 21 heavy (non-hydrogen) atoms. The number of ether oxygens (including phenoxy) is 1. The van der Waals surface area contributed by atoms with Crippen molar-refractivity contribution >= 4 is 17.6 Å². The van der Waals surface area contributed by atoms with Crippen molar-refractivity contribution in [3.05, 3.63) is 24.3 Å². The summed E-state index contributed by atoms with van der Waals surface area (Å²) in [6, 6.07) is 7.14. The van der Waals surface area contributed by atoms with Gasteiger partial charge >= 0.3 is 5.97 Å². The number of carboxylic acids is 1. The average Bonchev–Trinajstić information content (AvgIpc) is 2.96. The third-order valence-corrected chi connectivity index (χ3v) is 3.76. The Balaban J connectivity index is 1.94. The first-order valence-electron chi connectivity index (χ1n) is 7.38. The number of carbonyl (C=O) groups is 2. The minimum atomic E-state index is -0.879. The van der Waals surface area contributed by atoms with Gasteiger partial charge < -0.3 is 15.2 Å². The summed E-state index contributed by atoms with van der Waals surface area (Å²) >= 11 is 0. The number of aliphatic carboxylic acids is 1. The molecule has 5 heteroatoms. The lowest BCUT2D eigenvalue weighted by Gasteiger charge is -2.15. The highest BCUT2D eigenvalue weighted by Crippen LogP contribution is 2.33. The molecule has 1 aliphatic carbocycles. The second-order valence-corrected chi connectivity index (χ2v) is 5.34. The first-order chi connectivity index (χ1) is 10.1. The summed E-state index contributed by atoms with van der Waals surface area (Å²) in [6.45, 7) is 2.70. The molecule has 1 saturated carbocycles. The zero-order valence-corrected chi connectivity index (χ0v) is 12.2. The highest BCUT2D eigenvalue weighted by atomic mass is 16.5. The minimum Gasteiger partial charge on any atom is -0.494 e. The smallest absolute Gasteiger partial charge is 0.307 e. The zero-order valence-electron chi connectivity index (χ0n) is 12.2. The van der Waals surface area contributed by atoms with Crippen LogP contribution < -0.4 is 10.1 Å². The van der Waals surface area contributed by atoms with Gasteiger partial charge in [0.2, 0.25) is 5.91 Å². The van der Waals surface area contributed by atoms with Gasteiger partial charge in [-0.2, -0.15) is 0 Å². The summed E-state index contributed by atoms with van der Waals surface area (Å²) in [7, 11) is 0. The molecule has 0 bridgehead atoms. The summed E-state index contributed by atoms with van der Waals surface area (Å²) in [4.78, 5) is 23.3. The van der Waals surface area contributed by atoms with Gasteiger partial charge in [-0.15, -0.1) is 0 Å². The van der Waals surface area contributed by atoms with Crippen LogP contribution in [0.15, 0.2) is 24.3 Å². The maximum absolute atomic E-state index is 12.2. The molecule has 2 atom stereocenters. The highest BCUT2D eigenvalue weighted by molar-refractivity contribution is 5.95. The highest BCUT2D eigenvalue weighted by Gasteiger charge is 2.37. The van der Waals surface area contributed by atoms with Crippen molar-refractivity contribution in [2.24, 2.45) is 11.8 Å². The summed E-state index contributed by atoms with van der Waals surface area (Å²) in [6.07, 6.45) is 2.95. The Bertz CT molecular complexity index is 498. The van der Waals surface area contributed by atoms with Crippen molar-refractivity contribution in [1.29, 1.82) is 0 Å². The van der Waals surface area contributed by atoms with E-state index in [9.17, 15) is 9.59 Å². The van der Waals surface area contributed by atoms with E-state index in [0.717, 1.165) is 18.6 Å². The van der Waals surface area contributed by atoms with Gasteiger partial charge in [-0.1, -0.05) is 13.3 Å². The number of benzene rings is 1. The molecule has 1 amide bonds. The standard InChI is InChI=1S/C16H21NO4/c1-2-10-21-12-8-6-11(7-9-12)17-15(18)13-4-3-5-14(13)16(19)20/h6-9,13-14H,2-5,10H2,1H3,(H,17,18)(H,19,20)/t13-,14+/m1/s1. The fourth-order valence-electron chi connectivity index (χ4n) is 2.66. The van der Waals surface area contributed by atoms with Gasteiger partial charge in [-0.05, 0) is 43.5 Å². The molecule has 0 unspecified atom stereocenters. The predicted molar refractivity (Wildman–Crippen MR) is 79.3 cm³/mol. The SMILES string of the molecule is CCCOc1ccc(NC(=O)[C@@H]2CCC[C@@H]2C(=O)O)cc1. The maximum atomic E-state index is 12.2. The normalized spacial score (nSPS) is 21.0. The molecule has 114 valence electrons. The van der Waals surface area contributed by atoms with Crippen molar-refractivity contribution in [2.75, 3.05) is 11.9 Å². The van der Waals surface area contributed by atoms with Crippen LogP contribution in [-0.2, 0) is 9.59 Å². The first kappa shape index (κ1) is 15.4. The molecular weight excluding hydrogens is 270 g/mol. The second-order valence-electron chi connectivity index (χ2n) is 5.34. The maximum Gasteiger partial charge on any atom is 0.307 e. The van der Waals surface area contributed by atoms with E-state index in [2.05, 4.69) is 5.32 Å². The number of rotatable bonds is 6. The average molecular weight is 291 g/mol. The number of anilines is 1. The van der Waals surface area contributed by atoms with E-state index in [-0.39, 0.29) is 5.91 Å². The molecule has 1 aromatic carbocycles. The van der Waals surface area contributed by atoms with Gasteiger partial charge in [0.25, 0.3) is 0 Å². The zero-order chi connectivity index (χ0) is 15.2. The summed E-state index contributed by atoms with van der Waals surface area (Å²) in [5, 5.41) is 11.9. The van der Waals surface area contributed by atoms with E-state index in [1.807, 2.05) is 6.92 Å². The van der Waals surface area contributed by atoms with Crippen molar-refractivity contribution in [3.63, 3.8) is 0 Å². The lowest BCUT2D eigenvalue weighted by Crippen LogP contribution is -2.29. The molecule has 0 heterocycles. The predicted octanol–water partition coefficient (Wildman–Crippen LogP) is 2.91. The molecule has 0 saturated heterocycles. The Labute approximate surface area is 124 Å². The van der Waals surface area contributed by atoms with Gasteiger partial charge in [-0.3, -0.25) is 9.59 Å². The van der Waals surface area contributed by atoms with E-state index in [1.54, 1.807) is 24.3 Å². The third kappa shape index (κ3) is 3.97. The fraction of sp³-hybridized carbons (Fsp3) is 0.500. The van der Waals surface area contributed by atoms with Crippen molar-refractivity contribution in [1.82, 2.24) is 0 Å². The van der Waals surface area contributed by atoms with E-state index in [1.165, 1.54) is 0 Å². The monoisotopic (exact) mass is 291 g/mol. The molecule has 1 aromatic rings. The largest absolute Gasteiger partial charge is 0.494 e. The third-order valence-electron chi connectivity index (χ3n) is 3.76. The molecular formula is C16H21NO4. The number of carbonyl (C=O) groups excluding carboxylic acids is 1. The first-order valence-corrected chi connectivity index (χ1v) is 7.38. The van der Waals surface area contributed by atoms with Crippen molar-refractivity contribution in [3.8, 4) is 5.75 Å². The van der Waals surface area contributed by atoms with Gasteiger partial charge in [0.1, 0.15) is 5.75 Å². The van der Waals surface area contributed by atoms with Crippen LogP contribution in [0, 0.1) is 11.8 Å². The van der Waals surface area contributed by atoms with E-state index < -0.39 is 17.8 Å². The van der Waals surface area contributed by atoms with Gasteiger partial charge in [0, 0.05) is 5.69 Å². The summed E-state index contributed by atoms with van der Waals surface area (Å²) in [5.41, 5.74) is 0.667. The van der Waals surface area contributed by atoms with Crippen LogP contribution in [0.3, 0.4) is 0 Å². The Morgan fingerprint density at radius 2 is 1.90 bits per heavy atom. The number of hydrogen-bond donors (Lipinski definition) is 2. The number of nitrogens with one attached hydrogen (secondary N) is 1. The molecule has 0 aliphatic heterocycles. The quantitative estimate of drug-likeness (QED) is 0.845. The summed E-state index contributed by atoms with van der Waals surface area (Å²) < 4.78 is 5.47. The Morgan fingerprint density at radius 1 is 1.24 bits per heavy atom. The van der Waals surface area contributed by atoms with Gasteiger partial charge in [0.05, 0.1) is 18.4 Å². The Hall–Kier alpha value is -2.04. The van der Waals surface area contributed by atoms with Crippen LogP contribution in [-0.4, -0.2) is 23.6 Å². The van der Waals surface area contributed by atoms with Gasteiger partial charge in [-0.25, -0.2) is 0 Å². The molecule has 1 aliphatic rings. The molecule has 0 spiro atoms. The number of amides is 1. The van der Waals surface area contributed by atoms with Gasteiger partial charge in [0.15, 0.2) is 0 Å². The van der Waals surface area contributed by atoms with Crippen molar-refractivity contribution in [2.45, 2.75) is 32.6 Å². The van der Waals surface area contributed by atoms with E-state index in [4.69, 9.17) is 9.84 Å². The molecule has 0 aromatic heterocycles. The second kappa shape index (κ2) is 7.11. The molecule has 2 rings (SSSR count). The van der Waals surface area contributed by atoms with Crippen LogP contribution >= 0.6 is 0 Å². The molecule has 5 nitrogen and oxygen atoms in total. The van der Waals surface area contributed by atoms with E-state index in [0.29, 0.717) is 25.1 Å². The topological polar surface area (TPSA) is 75.6 Å². The van der Waals surface area contributed by atoms with Crippen LogP contribution in [0.5, 0.6) is 5.75 Å². The minimum absolute atomic E-state index is 0.206. The molecule has 2 N–H and O–H groups in total. The summed E-state index contributed by atoms with van der Waals surface area (Å²) in [5.74, 6) is -1.31. The fourth-order valence-corrected chi connectivity index (χ4v) is 2.66. The molecule has 1 fully saturated rings. The number of carboxylic acid groups (broad SMARTS) is 1. The van der Waals surface area contributed by atoms with Crippen LogP contribution in [0.2, 0.25) is 0 Å².